The molecular formula is C11H9ClFNO2. The number of nitriles is 1. The largest absolute Gasteiger partial charge is 0.356 e. The lowest BCUT2D eigenvalue weighted by molar-refractivity contribution is -0.119. The predicted octanol–water partition coefficient (Wildman–Crippen LogP) is 2.02. The summed E-state index contributed by atoms with van der Waals surface area (Å²) in [7, 11) is 1.29. The third-order valence-corrected chi connectivity index (χ3v) is 2.52. The summed E-state index contributed by atoms with van der Waals surface area (Å²) in [6.45, 7) is 0. The Morgan fingerprint density at radius 1 is 1.69 bits per heavy atom. The number of aldehydes is 1. The number of halogens is 2. The number of carbonyl (C=O) groups is 1. The van der Waals surface area contributed by atoms with E-state index in [0.717, 1.165) is 6.07 Å². The number of hydrogen-bond acceptors (Lipinski definition) is 3. The molecule has 5 heteroatoms. The summed E-state index contributed by atoms with van der Waals surface area (Å²) in [5.74, 6) is -0.510. The maximum atomic E-state index is 12.8. The minimum absolute atomic E-state index is 0.0116. The lowest BCUT2D eigenvalue weighted by Crippen LogP contribution is -2.29. The maximum Gasteiger partial charge on any atom is 0.200 e. The minimum Gasteiger partial charge on any atom is -0.356 e. The van der Waals surface area contributed by atoms with Crippen LogP contribution < -0.4 is 0 Å². The van der Waals surface area contributed by atoms with E-state index in [0.29, 0.717) is 11.8 Å². The average Bonchev–Trinajstić information content (AvgIpc) is 2.31. The fourth-order valence-electron chi connectivity index (χ4n) is 1.23. The molecule has 0 N–H and O–H groups in total. The third kappa shape index (κ3) is 2.78. The number of nitrogens with zero attached hydrogens (tertiary/aromatic N) is 1. The van der Waals surface area contributed by atoms with Gasteiger partial charge >= 0.3 is 0 Å². The Balaban J connectivity index is 3.06. The topological polar surface area (TPSA) is 50.1 Å². The average molecular weight is 242 g/mol. The lowest BCUT2D eigenvalue weighted by Gasteiger charge is -2.18. The van der Waals surface area contributed by atoms with Gasteiger partial charge in [-0.05, 0) is 17.7 Å². The van der Waals surface area contributed by atoms with Gasteiger partial charge in [-0.1, -0.05) is 17.7 Å². The zero-order chi connectivity index (χ0) is 12.2. The molecule has 0 spiro atoms. The van der Waals surface area contributed by atoms with Crippen molar-refractivity contribution < 1.29 is 13.9 Å². The zero-order valence-electron chi connectivity index (χ0n) is 8.54. The first-order valence-electron chi connectivity index (χ1n) is 4.43. The van der Waals surface area contributed by atoms with Gasteiger partial charge in [0.05, 0.1) is 11.6 Å². The van der Waals surface area contributed by atoms with Gasteiger partial charge in [0.25, 0.3) is 0 Å². The first-order chi connectivity index (χ1) is 7.54. The Morgan fingerprint density at radius 2 is 2.38 bits per heavy atom. The molecule has 0 saturated carbocycles. The molecule has 0 aliphatic heterocycles. The van der Waals surface area contributed by atoms with E-state index in [9.17, 15) is 9.18 Å². The summed E-state index contributed by atoms with van der Waals surface area (Å²) >= 11 is 5.82. The quantitative estimate of drug-likeness (QED) is 0.599. The minimum atomic E-state index is -1.51. The molecule has 3 nitrogen and oxygen atoms in total. The van der Waals surface area contributed by atoms with Gasteiger partial charge in [0.1, 0.15) is 5.82 Å². The molecule has 0 bridgehead atoms. The first-order valence-corrected chi connectivity index (χ1v) is 4.81. The van der Waals surface area contributed by atoms with E-state index < -0.39 is 10.9 Å². The van der Waals surface area contributed by atoms with E-state index in [1.165, 1.54) is 19.2 Å². The number of benzene rings is 1. The van der Waals surface area contributed by atoms with Crippen LogP contribution in [0.15, 0.2) is 18.2 Å². The van der Waals surface area contributed by atoms with Crippen molar-refractivity contribution >= 4 is 17.9 Å². The summed E-state index contributed by atoms with van der Waals surface area (Å²) in [4.78, 5) is 10.7. The molecular weight excluding hydrogens is 233 g/mol. The summed E-state index contributed by atoms with van der Waals surface area (Å²) in [5, 5.41) is 7.29. The fourth-order valence-corrected chi connectivity index (χ4v) is 1.37. The molecule has 0 radical (unpaired) electrons. The molecule has 1 unspecified atom stereocenters. The van der Waals surface area contributed by atoms with Crippen LogP contribution in [0.2, 0.25) is 0 Å². The van der Waals surface area contributed by atoms with E-state index in [-0.39, 0.29) is 12.0 Å². The summed E-state index contributed by atoms with van der Waals surface area (Å²) in [5.41, 5.74) is 0.608. The van der Waals surface area contributed by atoms with E-state index in [1.807, 2.05) is 6.07 Å². The van der Waals surface area contributed by atoms with Crippen molar-refractivity contribution in [3.05, 3.63) is 35.1 Å². The number of ether oxygens (including phenoxy) is 1. The van der Waals surface area contributed by atoms with Gasteiger partial charge in [-0.25, -0.2) is 4.39 Å². The van der Waals surface area contributed by atoms with Crippen molar-refractivity contribution in [1.82, 2.24) is 0 Å². The van der Waals surface area contributed by atoms with Crippen molar-refractivity contribution in [2.24, 2.45) is 0 Å². The maximum absolute atomic E-state index is 12.8. The van der Waals surface area contributed by atoms with Gasteiger partial charge in [-0.2, -0.15) is 5.26 Å². The SMILES string of the molecule is COC(Cl)(C=O)Cc1ccc(F)cc1C#N. The lowest BCUT2D eigenvalue weighted by atomic mass is 10.0. The van der Waals surface area contributed by atoms with Gasteiger partial charge in [0, 0.05) is 13.5 Å². The first kappa shape index (κ1) is 12.6. The van der Waals surface area contributed by atoms with Crippen molar-refractivity contribution in [1.29, 1.82) is 5.26 Å². The van der Waals surface area contributed by atoms with Crippen LogP contribution in [0.5, 0.6) is 0 Å². The van der Waals surface area contributed by atoms with Crippen LogP contribution in [0.1, 0.15) is 11.1 Å². The highest BCUT2D eigenvalue weighted by Crippen LogP contribution is 2.22. The molecule has 1 aromatic carbocycles. The van der Waals surface area contributed by atoms with E-state index in [4.69, 9.17) is 21.6 Å². The van der Waals surface area contributed by atoms with Crippen molar-refractivity contribution in [3.8, 4) is 6.07 Å². The van der Waals surface area contributed by atoms with Crippen LogP contribution in [-0.2, 0) is 16.0 Å². The molecule has 0 saturated heterocycles. The standard InChI is InChI=1S/C11H9ClFNO2/c1-16-11(12,7-15)5-8-2-3-10(13)4-9(8)6-14/h2-4,7H,5H2,1H3. The molecule has 1 atom stereocenters. The van der Waals surface area contributed by atoms with E-state index in [2.05, 4.69) is 0 Å². The highest BCUT2D eigenvalue weighted by atomic mass is 35.5. The number of alkyl halides is 1. The summed E-state index contributed by atoms with van der Waals surface area (Å²) in [6, 6.07) is 5.54. The second-order valence-corrected chi connectivity index (χ2v) is 3.84. The molecule has 0 aliphatic rings. The highest BCUT2D eigenvalue weighted by molar-refractivity contribution is 6.30. The Bertz CT molecular complexity index is 444. The van der Waals surface area contributed by atoms with Gasteiger partial charge in [-0.3, -0.25) is 4.79 Å². The Hall–Kier alpha value is -1.44. The molecule has 1 rings (SSSR count). The van der Waals surface area contributed by atoms with Crippen molar-refractivity contribution in [3.63, 3.8) is 0 Å². The fraction of sp³-hybridized carbons (Fsp3) is 0.273. The van der Waals surface area contributed by atoms with Gasteiger partial charge in [0.15, 0.2) is 6.29 Å². The molecule has 16 heavy (non-hydrogen) atoms. The molecule has 0 aromatic heterocycles. The number of hydrogen-bond donors (Lipinski definition) is 0. The Morgan fingerprint density at radius 3 is 2.88 bits per heavy atom. The number of methoxy groups -OCH3 is 1. The normalized spacial score (nSPS) is 13.9. The van der Waals surface area contributed by atoms with Crippen LogP contribution in [-0.4, -0.2) is 18.5 Å². The summed E-state index contributed by atoms with van der Waals surface area (Å²) in [6.07, 6.45) is 0.455. The monoisotopic (exact) mass is 241 g/mol. The third-order valence-electron chi connectivity index (χ3n) is 2.14. The van der Waals surface area contributed by atoms with Crippen LogP contribution in [0.25, 0.3) is 0 Å². The molecule has 0 heterocycles. The highest BCUT2D eigenvalue weighted by Gasteiger charge is 2.27. The van der Waals surface area contributed by atoms with Gasteiger partial charge < -0.3 is 4.74 Å². The predicted molar refractivity (Wildman–Crippen MR) is 56.5 cm³/mol. The second-order valence-electron chi connectivity index (χ2n) is 3.20. The molecule has 84 valence electrons. The van der Waals surface area contributed by atoms with Crippen molar-refractivity contribution in [2.45, 2.75) is 11.5 Å². The van der Waals surface area contributed by atoms with E-state index in [1.54, 1.807) is 0 Å². The van der Waals surface area contributed by atoms with Gasteiger partial charge in [0.2, 0.25) is 5.06 Å². The smallest absolute Gasteiger partial charge is 0.200 e. The molecule has 0 aliphatic carbocycles. The molecule has 0 amide bonds. The second kappa shape index (κ2) is 5.06. The number of rotatable bonds is 4. The van der Waals surface area contributed by atoms with Crippen LogP contribution in [0, 0.1) is 17.1 Å². The zero-order valence-corrected chi connectivity index (χ0v) is 9.29. The molecule has 1 aromatic rings. The summed E-state index contributed by atoms with van der Waals surface area (Å²) < 4.78 is 17.7. The van der Waals surface area contributed by atoms with Gasteiger partial charge in [-0.15, -0.1) is 0 Å². The Labute approximate surface area is 97.4 Å². The van der Waals surface area contributed by atoms with E-state index >= 15 is 0 Å². The van der Waals surface area contributed by atoms with Crippen LogP contribution in [0.4, 0.5) is 4.39 Å². The number of carbonyl (C=O) groups excluding carboxylic acids is 1. The van der Waals surface area contributed by atoms with Crippen molar-refractivity contribution in [2.75, 3.05) is 7.11 Å². The Kier molecular flexibility index (Phi) is 3.99. The van der Waals surface area contributed by atoms with Crippen LogP contribution >= 0.6 is 11.6 Å². The molecule has 0 fully saturated rings. The van der Waals surface area contributed by atoms with Crippen LogP contribution in [0.3, 0.4) is 0 Å².